The molecule has 2 heterocycles. The molecule has 0 radical (unpaired) electrons. The maximum Gasteiger partial charge on any atom is 0.150 e. The summed E-state index contributed by atoms with van der Waals surface area (Å²) >= 11 is 0. The van der Waals surface area contributed by atoms with Gasteiger partial charge in [0.1, 0.15) is 6.23 Å². The Labute approximate surface area is 96.5 Å². The maximum atomic E-state index is 5.72. The molecule has 2 aliphatic heterocycles. The third-order valence-corrected chi connectivity index (χ3v) is 3.48. The van der Waals surface area contributed by atoms with Crippen molar-refractivity contribution in [2.24, 2.45) is 0 Å². The van der Waals surface area contributed by atoms with E-state index in [-0.39, 0.29) is 6.23 Å². The molecule has 1 aromatic carbocycles. The minimum atomic E-state index is 0.161. The molecule has 16 heavy (non-hydrogen) atoms. The predicted molar refractivity (Wildman–Crippen MR) is 66.7 cm³/mol. The second-order valence-corrected chi connectivity index (χ2v) is 4.78. The van der Waals surface area contributed by atoms with Crippen LogP contribution in [0.25, 0.3) is 5.57 Å². The molecule has 2 aliphatic rings. The van der Waals surface area contributed by atoms with E-state index < -0.39 is 0 Å². The fourth-order valence-corrected chi connectivity index (χ4v) is 2.81. The van der Waals surface area contributed by atoms with Gasteiger partial charge in [-0.25, -0.2) is 0 Å². The molecule has 0 spiro atoms. The molecular formula is C14H17NO. The Kier molecular flexibility index (Phi) is 2.08. The molecular weight excluding hydrogens is 198 g/mol. The van der Waals surface area contributed by atoms with Gasteiger partial charge < -0.3 is 9.64 Å². The summed E-state index contributed by atoms with van der Waals surface area (Å²) in [7, 11) is 0. The van der Waals surface area contributed by atoms with Crippen LogP contribution in [0.5, 0.6) is 0 Å². The van der Waals surface area contributed by atoms with Gasteiger partial charge in [-0.1, -0.05) is 11.6 Å². The smallest absolute Gasteiger partial charge is 0.150 e. The molecule has 0 amide bonds. The second kappa shape index (κ2) is 3.36. The van der Waals surface area contributed by atoms with Crippen LogP contribution in [0.3, 0.4) is 0 Å². The van der Waals surface area contributed by atoms with E-state index in [1.807, 2.05) is 0 Å². The van der Waals surface area contributed by atoms with Crippen molar-refractivity contribution in [3.8, 4) is 0 Å². The molecule has 3 rings (SSSR count). The van der Waals surface area contributed by atoms with E-state index in [1.165, 1.54) is 28.0 Å². The molecule has 1 saturated heterocycles. The van der Waals surface area contributed by atoms with Crippen LogP contribution in [0.2, 0.25) is 0 Å². The van der Waals surface area contributed by atoms with Crippen molar-refractivity contribution in [1.29, 1.82) is 0 Å². The number of anilines is 1. The predicted octanol–water partition coefficient (Wildman–Crippen LogP) is 2.88. The number of benzene rings is 1. The second-order valence-electron chi connectivity index (χ2n) is 4.78. The molecule has 0 N–H and O–H groups in total. The van der Waals surface area contributed by atoms with Crippen LogP contribution < -0.4 is 4.90 Å². The van der Waals surface area contributed by atoms with Gasteiger partial charge in [0, 0.05) is 17.8 Å². The highest BCUT2D eigenvalue weighted by Gasteiger charge is 2.30. The molecule has 84 valence electrons. The Balaban J connectivity index is 2.24. The maximum absolute atomic E-state index is 5.72. The Hall–Kier alpha value is -1.28. The zero-order valence-electron chi connectivity index (χ0n) is 10.1. The standard InChI is InChI=1S/C14H17NO/c1-9-6-11(3)14-12(7-9)10(2)8-13-15(14)4-5-16-13/h6-8,13H,4-5H2,1-3H3. The quantitative estimate of drug-likeness (QED) is 0.660. The minimum Gasteiger partial charge on any atom is -0.353 e. The molecule has 0 aliphatic carbocycles. The van der Waals surface area contributed by atoms with Gasteiger partial charge in [0.05, 0.1) is 6.61 Å². The van der Waals surface area contributed by atoms with Crippen molar-refractivity contribution >= 4 is 11.3 Å². The molecule has 1 fully saturated rings. The average Bonchev–Trinajstić information content (AvgIpc) is 2.65. The van der Waals surface area contributed by atoms with E-state index in [0.717, 1.165) is 13.2 Å². The van der Waals surface area contributed by atoms with Crippen molar-refractivity contribution < 1.29 is 4.74 Å². The van der Waals surface area contributed by atoms with Gasteiger partial charge in [-0.05, 0) is 44.1 Å². The number of fused-ring (bicyclic) bond motifs is 3. The van der Waals surface area contributed by atoms with Crippen molar-refractivity contribution in [3.05, 3.63) is 34.9 Å². The summed E-state index contributed by atoms with van der Waals surface area (Å²) in [6, 6.07) is 4.54. The molecule has 1 aromatic rings. The lowest BCUT2D eigenvalue weighted by Gasteiger charge is -2.32. The average molecular weight is 215 g/mol. The number of ether oxygens (including phenoxy) is 1. The summed E-state index contributed by atoms with van der Waals surface area (Å²) in [6.07, 6.45) is 2.39. The lowest BCUT2D eigenvalue weighted by molar-refractivity contribution is 0.147. The van der Waals surface area contributed by atoms with Crippen LogP contribution in [-0.4, -0.2) is 19.4 Å². The molecule has 1 unspecified atom stereocenters. The third kappa shape index (κ3) is 1.30. The Bertz CT molecular complexity index is 476. The zero-order chi connectivity index (χ0) is 11.3. The van der Waals surface area contributed by atoms with Gasteiger partial charge in [-0.15, -0.1) is 0 Å². The first-order valence-electron chi connectivity index (χ1n) is 5.85. The van der Waals surface area contributed by atoms with E-state index in [4.69, 9.17) is 4.74 Å². The lowest BCUT2D eigenvalue weighted by atomic mass is 9.94. The molecule has 0 saturated carbocycles. The summed E-state index contributed by atoms with van der Waals surface area (Å²) < 4.78 is 5.72. The monoisotopic (exact) mass is 215 g/mol. The first-order chi connectivity index (χ1) is 7.66. The first kappa shape index (κ1) is 9.91. The van der Waals surface area contributed by atoms with Crippen LogP contribution in [0.15, 0.2) is 18.2 Å². The van der Waals surface area contributed by atoms with Gasteiger partial charge in [0.25, 0.3) is 0 Å². The zero-order valence-corrected chi connectivity index (χ0v) is 10.1. The summed E-state index contributed by atoms with van der Waals surface area (Å²) in [4.78, 5) is 2.37. The van der Waals surface area contributed by atoms with Gasteiger partial charge in [0.2, 0.25) is 0 Å². The van der Waals surface area contributed by atoms with Crippen LogP contribution in [0.1, 0.15) is 23.6 Å². The van der Waals surface area contributed by atoms with E-state index in [0.29, 0.717) is 0 Å². The fourth-order valence-electron chi connectivity index (χ4n) is 2.81. The first-order valence-corrected chi connectivity index (χ1v) is 5.85. The van der Waals surface area contributed by atoms with Gasteiger partial charge in [-0.3, -0.25) is 0 Å². The number of hydrogen-bond acceptors (Lipinski definition) is 2. The molecule has 1 atom stereocenters. The normalized spacial score (nSPS) is 22.8. The minimum absolute atomic E-state index is 0.161. The van der Waals surface area contributed by atoms with E-state index in [2.05, 4.69) is 43.9 Å². The van der Waals surface area contributed by atoms with E-state index >= 15 is 0 Å². The highest BCUT2D eigenvalue weighted by atomic mass is 16.5. The summed E-state index contributed by atoms with van der Waals surface area (Å²) in [5.41, 5.74) is 6.78. The van der Waals surface area contributed by atoms with Crippen LogP contribution >= 0.6 is 0 Å². The number of rotatable bonds is 0. The van der Waals surface area contributed by atoms with E-state index in [1.54, 1.807) is 0 Å². The van der Waals surface area contributed by atoms with Gasteiger partial charge in [-0.2, -0.15) is 0 Å². The largest absolute Gasteiger partial charge is 0.353 e. The number of hydrogen-bond donors (Lipinski definition) is 0. The van der Waals surface area contributed by atoms with Crippen LogP contribution in [0.4, 0.5) is 5.69 Å². The number of nitrogens with zero attached hydrogens (tertiary/aromatic N) is 1. The lowest BCUT2D eigenvalue weighted by Crippen LogP contribution is -2.32. The van der Waals surface area contributed by atoms with Crippen molar-refractivity contribution in [1.82, 2.24) is 0 Å². The van der Waals surface area contributed by atoms with Gasteiger partial charge >= 0.3 is 0 Å². The highest BCUT2D eigenvalue weighted by Crippen LogP contribution is 2.39. The van der Waals surface area contributed by atoms with Crippen molar-refractivity contribution in [2.75, 3.05) is 18.1 Å². The number of allylic oxidation sites excluding steroid dienone is 1. The molecule has 0 aromatic heterocycles. The SMILES string of the molecule is CC1=CC2OCCN2c2c(C)cc(C)cc21. The third-order valence-electron chi connectivity index (χ3n) is 3.48. The Morgan fingerprint density at radius 2 is 2.06 bits per heavy atom. The van der Waals surface area contributed by atoms with Crippen LogP contribution in [0, 0.1) is 13.8 Å². The Morgan fingerprint density at radius 1 is 1.25 bits per heavy atom. The topological polar surface area (TPSA) is 12.5 Å². The summed E-state index contributed by atoms with van der Waals surface area (Å²) in [6.45, 7) is 8.37. The molecule has 2 heteroatoms. The van der Waals surface area contributed by atoms with Crippen molar-refractivity contribution in [3.63, 3.8) is 0 Å². The number of aryl methyl sites for hydroxylation is 2. The fraction of sp³-hybridized carbons (Fsp3) is 0.429. The van der Waals surface area contributed by atoms with Crippen LogP contribution in [-0.2, 0) is 4.74 Å². The summed E-state index contributed by atoms with van der Waals surface area (Å²) in [5.74, 6) is 0. The highest BCUT2D eigenvalue weighted by molar-refractivity contribution is 5.82. The molecule has 2 nitrogen and oxygen atoms in total. The Morgan fingerprint density at radius 3 is 2.88 bits per heavy atom. The van der Waals surface area contributed by atoms with Gasteiger partial charge in [0.15, 0.2) is 0 Å². The van der Waals surface area contributed by atoms with E-state index in [9.17, 15) is 0 Å². The molecule has 0 bridgehead atoms. The summed E-state index contributed by atoms with van der Waals surface area (Å²) in [5, 5.41) is 0. The van der Waals surface area contributed by atoms with Crippen molar-refractivity contribution in [2.45, 2.75) is 27.0 Å².